The zero-order valence-corrected chi connectivity index (χ0v) is 19.7. The number of hydrogen-bond donors (Lipinski definition) is 0. The molecule has 174 valence electrons. The molecule has 7 nitrogen and oxygen atoms in total. The molecule has 0 N–H and O–H groups in total. The van der Waals surface area contributed by atoms with Crippen LogP contribution in [0.3, 0.4) is 0 Å². The highest BCUT2D eigenvalue weighted by Crippen LogP contribution is 2.36. The van der Waals surface area contributed by atoms with Crippen LogP contribution in [0, 0.1) is 6.92 Å². The molecular weight excluding hydrogens is 454 g/mol. The van der Waals surface area contributed by atoms with Crippen molar-refractivity contribution in [1.29, 1.82) is 0 Å². The second-order valence-electron chi connectivity index (χ2n) is 8.18. The highest BCUT2D eigenvalue weighted by Gasteiger charge is 2.36. The number of halogens is 1. The summed E-state index contributed by atoms with van der Waals surface area (Å²) in [6.07, 6.45) is 3.43. The van der Waals surface area contributed by atoms with Crippen molar-refractivity contribution in [3.63, 3.8) is 0 Å². The molecular formula is C26H24ClN3O4. The van der Waals surface area contributed by atoms with Crippen molar-refractivity contribution in [3.8, 4) is 23.1 Å². The molecule has 1 fully saturated rings. The maximum absolute atomic E-state index is 13.2. The van der Waals surface area contributed by atoms with Crippen LogP contribution in [0.2, 0.25) is 5.02 Å². The number of rotatable bonds is 8. The summed E-state index contributed by atoms with van der Waals surface area (Å²) in [6.45, 7) is 2.27. The van der Waals surface area contributed by atoms with E-state index in [2.05, 4.69) is 0 Å². The molecule has 0 aliphatic heterocycles. The molecule has 0 radical (unpaired) electrons. The van der Waals surface area contributed by atoms with E-state index in [4.69, 9.17) is 30.6 Å². The van der Waals surface area contributed by atoms with E-state index in [1.165, 1.54) is 6.26 Å². The third kappa shape index (κ3) is 4.52. The summed E-state index contributed by atoms with van der Waals surface area (Å²) >= 11 is 6.26. The van der Waals surface area contributed by atoms with E-state index in [-0.39, 0.29) is 11.9 Å². The zero-order valence-electron chi connectivity index (χ0n) is 18.9. The lowest BCUT2D eigenvalue weighted by molar-refractivity contribution is 0.0696. The third-order valence-electron chi connectivity index (χ3n) is 5.77. The maximum atomic E-state index is 13.2. The van der Waals surface area contributed by atoms with Gasteiger partial charge >= 0.3 is 0 Å². The number of nitrogens with zero attached hydrogens (tertiary/aromatic N) is 3. The maximum Gasteiger partial charge on any atom is 0.290 e. The van der Waals surface area contributed by atoms with Gasteiger partial charge in [0.15, 0.2) is 5.76 Å². The molecule has 0 spiro atoms. The van der Waals surface area contributed by atoms with E-state index in [0.717, 1.165) is 35.5 Å². The van der Waals surface area contributed by atoms with E-state index >= 15 is 0 Å². The zero-order chi connectivity index (χ0) is 23.7. The van der Waals surface area contributed by atoms with Gasteiger partial charge < -0.3 is 18.8 Å². The van der Waals surface area contributed by atoms with Crippen molar-refractivity contribution < 1.29 is 18.7 Å². The normalized spacial score (nSPS) is 13.0. The fraction of sp³-hybridized carbons (Fsp3) is 0.231. The number of aromatic nitrogens is 2. The van der Waals surface area contributed by atoms with Gasteiger partial charge in [0.05, 0.1) is 36.9 Å². The Balaban J connectivity index is 1.55. The number of methoxy groups -OCH3 is 1. The number of aryl methyl sites for hydroxylation is 1. The lowest BCUT2D eigenvalue weighted by Gasteiger charge is -2.22. The van der Waals surface area contributed by atoms with Gasteiger partial charge in [-0.15, -0.1) is 0 Å². The van der Waals surface area contributed by atoms with Gasteiger partial charge in [0.2, 0.25) is 5.88 Å². The fourth-order valence-corrected chi connectivity index (χ4v) is 4.01. The number of carbonyl (C=O) groups excluding carboxylic acids is 1. The molecule has 4 aromatic rings. The Kier molecular flexibility index (Phi) is 6.02. The van der Waals surface area contributed by atoms with Crippen molar-refractivity contribution in [2.45, 2.75) is 32.4 Å². The lowest BCUT2D eigenvalue weighted by Crippen LogP contribution is -2.32. The van der Waals surface area contributed by atoms with E-state index in [1.54, 1.807) is 23.9 Å². The van der Waals surface area contributed by atoms with E-state index in [0.29, 0.717) is 29.0 Å². The van der Waals surface area contributed by atoms with Crippen LogP contribution in [-0.4, -0.2) is 33.7 Å². The first-order chi connectivity index (χ1) is 16.5. The van der Waals surface area contributed by atoms with Gasteiger partial charge in [-0.25, -0.2) is 4.68 Å². The lowest BCUT2D eigenvalue weighted by atomic mass is 10.2. The fourth-order valence-electron chi connectivity index (χ4n) is 3.83. The van der Waals surface area contributed by atoms with Crippen molar-refractivity contribution in [2.24, 2.45) is 0 Å². The van der Waals surface area contributed by atoms with Crippen LogP contribution in [0.1, 0.15) is 34.7 Å². The molecule has 1 saturated carbocycles. The Hall–Kier alpha value is -3.71. The summed E-state index contributed by atoms with van der Waals surface area (Å²) in [5, 5.41) is 5.35. The van der Waals surface area contributed by atoms with Gasteiger partial charge in [-0.1, -0.05) is 17.7 Å². The first-order valence-electron chi connectivity index (χ1n) is 11.0. The number of ether oxygens (including phenoxy) is 2. The molecule has 8 heteroatoms. The second-order valence-corrected chi connectivity index (χ2v) is 8.62. The van der Waals surface area contributed by atoms with Gasteiger partial charge in [0.1, 0.15) is 11.5 Å². The van der Waals surface area contributed by atoms with Crippen LogP contribution in [-0.2, 0) is 6.54 Å². The number of benzene rings is 2. The minimum atomic E-state index is -0.141. The monoisotopic (exact) mass is 477 g/mol. The number of hydrogen-bond acceptors (Lipinski definition) is 5. The van der Waals surface area contributed by atoms with Crippen LogP contribution in [0.5, 0.6) is 17.4 Å². The van der Waals surface area contributed by atoms with Gasteiger partial charge in [0.25, 0.3) is 5.91 Å². The molecule has 34 heavy (non-hydrogen) atoms. The smallest absolute Gasteiger partial charge is 0.290 e. The first kappa shape index (κ1) is 22.1. The average Bonchev–Trinajstić information content (AvgIpc) is 3.44. The van der Waals surface area contributed by atoms with E-state index < -0.39 is 0 Å². The van der Waals surface area contributed by atoms with E-state index in [9.17, 15) is 4.79 Å². The van der Waals surface area contributed by atoms with Gasteiger partial charge in [-0.3, -0.25) is 4.79 Å². The molecule has 2 heterocycles. The Bertz CT molecular complexity index is 1290. The second kappa shape index (κ2) is 9.27. The molecule has 0 saturated heterocycles. The Labute approximate surface area is 202 Å². The van der Waals surface area contributed by atoms with Crippen molar-refractivity contribution >= 4 is 17.5 Å². The van der Waals surface area contributed by atoms with E-state index in [1.807, 2.05) is 60.4 Å². The van der Waals surface area contributed by atoms with Gasteiger partial charge in [0, 0.05) is 11.1 Å². The van der Waals surface area contributed by atoms with Crippen LogP contribution < -0.4 is 9.47 Å². The predicted octanol–water partition coefficient (Wildman–Crippen LogP) is 6.03. The highest BCUT2D eigenvalue weighted by atomic mass is 35.5. The quantitative estimate of drug-likeness (QED) is 0.310. The molecule has 1 amide bonds. The standard InChI is InChI=1S/C26H24ClN3O4/c1-17-23(16-29(19-8-9-19)25(31)24-7-4-14-33-24)26(34-22-12-10-21(32-2)11-13-22)30(28-17)20-6-3-5-18(27)15-20/h3-7,10-15,19H,8-9,16H2,1-2H3. The van der Waals surface area contributed by atoms with Crippen molar-refractivity contribution in [2.75, 3.05) is 7.11 Å². The molecule has 2 aromatic carbocycles. The summed E-state index contributed by atoms with van der Waals surface area (Å²) in [5.74, 6) is 2.07. The minimum Gasteiger partial charge on any atom is -0.497 e. The average molecular weight is 478 g/mol. The number of amides is 1. The minimum absolute atomic E-state index is 0.141. The molecule has 5 rings (SSSR count). The Morgan fingerprint density at radius 1 is 1.15 bits per heavy atom. The van der Waals surface area contributed by atoms with Crippen LogP contribution in [0.15, 0.2) is 71.3 Å². The van der Waals surface area contributed by atoms with Gasteiger partial charge in [-0.2, -0.15) is 5.10 Å². The first-order valence-corrected chi connectivity index (χ1v) is 11.4. The van der Waals surface area contributed by atoms with Crippen LogP contribution in [0.25, 0.3) is 5.69 Å². The van der Waals surface area contributed by atoms with Crippen molar-refractivity contribution in [1.82, 2.24) is 14.7 Å². The molecule has 0 unspecified atom stereocenters. The van der Waals surface area contributed by atoms with Crippen LogP contribution >= 0.6 is 11.6 Å². The summed E-state index contributed by atoms with van der Waals surface area (Å²) in [7, 11) is 1.62. The molecule has 2 aromatic heterocycles. The molecule has 1 aliphatic carbocycles. The van der Waals surface area contributed by atoms with Crippen LogP contribution in [0.4, 0.5) is 0 Å². The summed E-state index contributed by atoms with van der Waals surface area (Å²) < 4.78 is 18.7. The summed E-state index contributed by atoms with van der Waals surface area (Å²) in [5.41, 5.74) is 2.35. The molecule has 1 aliphatic rings. The topological polar surface area (TPSA) is 69.7 Å². The Morgan fingerprint density at radius 3 is 2.56 bits per heavy atom. The highest BCUT2D eigenvalue weighted by molar-refractivity contribution is 6.30. The number of carbonyl (C=O) groups is 1. The SMILES string of the molecule is COc1ccc(Oc2c(CN(C(=O)c3ccco3)C3CC3)c(C)nn2-c2cccc(Cl)c2)cc1. The van der Waals surface area contributed by atoms with Gasteiger partial charge in [-0.05, 0) is 74.4 Å². The van der Waals surface area contributed by atoms with Crippen molar-refractivity contribution in [3.05, 3.63) is 89.0 Å². The largest absolute Gasteiger partial charge is 0.497 e. The Morgan fingerprint density at radius 2 is 1.91 bits per heavy atom. The summed E-state index contributed by atoms with van der Waals surface area (Å²) in [4.78, 5) is 15.0. The molecule has 0 bridgehead atoms. The number of furan rings is 1. The predicted molar refractivity (Wildman–Crippen MR) is 128 cm³/mol. The summed E-state index contributed by atoms with van der Waals surface area (Å²) in [6, 6.07) is 18.3. The third-order valence-corrected chi connectivity index (χ3v) is 6.01. The molecule has 0 atom stereocenters.